The number of piperidine rings is 1. The minimum absolute atomic E-state index is 0.00742. The third-order valence-corrected chi connectivity index (χ3v) is 9.06. The number of sulfonamides is 1. The van der Waals surface area contributed by atoms with E-state index in [0.717, 1.165) is 42.2 Å². The Morgan fingerprint density at radius 2 is 1.71 bits per heavy atom. The van der Waals surface area contributed by atoms with Crippen LogP contribution in [0, 0.1) is 6.92 Å². The zero-order chi connectivity index (χ0) is 30.1. The Bertz CT molecular complexity index is 1520. The maximum absolute atomic E-state index is 13.6. The molecule has 0 radical (unpaired) electrons. The minimum atomic E-state index is -4.12. The molecule has 0 unspecified atom stereocenters. The van der Waals surface area contributed by atoms with Crippen molar-refractivity contribution in [2.45, 2.75) is 31.1 Å². The number of nitrogens with zero attached hydrogens (tertiary/aromatic N) is 3. The molecule has 1 aliphatic rings. The molecule has 0 aromatic heterocycles. The van der Waals surface area contributed by atoms with E-state index >= 15 is 0 Å². The molecule has 0 spiro atoms. The molecule has 1 heterocycles. The summed E-state index contributed by atoms with van der Waals surface area (Å²) in [4.78, 5) is 27.0. The van der Waals surface area contributed by atoms with Gasteiger partial charge in [0.2, 0.25) is 0 Å². The van der Waals surface area contributed by atoms with E-state index in [9.17, 15) is 18.0 Å². The predicted molar refractivity (Wildman–Crippen MR) is 165 cm³/mol. The number of carbonyl (C=O) groups excluding carboxylic acids is 2. The molecule has 0 bridgehead atoms. The molecule has 1 aliphatic heterocycles. The van der Waals surface area contributed by atoms with Crippen LogP contribution in [0.2, 0.25) is 0 Å². The topological polar surface area (TPSA) is 118 Å². The van der Waals surface area contributed by atoms with Crippen molar-refractivity contribution in [2.24, 2.45) is 5.10 Å². The fraction of sp³-hybridized carbons (Fsp3) is 0.300. The van der Waals surface area contributed by atoms with Crippen LogP contribution in [0.1, 0.15) is 30.4 Å². The van der Waals surface area contributed by atoms with Gasteiger partial charge in [0.1, 0.15) is 18.0 Å². The molecule has 3 aromatic carbocycles. The molecular formula is C30H33BrN4O6S. The molecule has 1 fully saturated rings. The molecule has 4 rings (SSSR count). The van der Waals surface area contributed by atoms with E-state index < -0.39 is 22.5 Å². The van der Waals surface area contributed by atoms with Crippen LogP contribution < -0.4 is 19.2 Å². The van der Waals surface area contributed by atoms with Crippen LogP contribution in [0.3, 0.4) is 0 Å². The molecule has 1 saturated heterocycles. The van der Waals surface area contributed by atoms with Crippen molar-refractivity contribution in [3.8, 4) is 11.5 Å². The summed E-state index contributed by atoms with van der Waals surface area (Å²) in [5.41, 5.74) is 4.36. The summed E-state index contributed by atoms with van der Waals surface area (Å²) < 4.78 is 39.6. The Hall–Kier alpha value is -3.90. The van der Waals surface area contributed by atoms with Gasteiger partial charge >= 0.3 is 0 Å². The van der Waals surface area contributed by atoms with Gasteiger partial charge in [-0.3, -0.25) is 13.9 Å². The van der Waals surface area contributed by atoms with Gasteiger partial charge in [0.15, 0.2) is 6.61 Å². The number of benzene rings is 3. The number of likely N-dealkylation sites (tertiary alicyclic amines) is 1. The molecule has 0 atom stereocenters. The van der Waals surface area contributed by atoms with E-state index in [-0.39, 0.29) is 17.4 Å². The summed E-state index contributed by atoms with van der Waals surface area (Å²) in [5, 5.41) is 3.99. The maximum Gasteiger partial charge on any atom is 0.264 e. The monoisotopic (exact) mass is 656 g/mol. The van der Waals surface area contributed by atoms with Crippen LogP contribution in [-0.4, -0.2) is 64.7 Å². The van der Waals surface area contributed by atoms with Gasteiger partial charge in [-0.15, -0.1) is 0 Å². The van der Waals surface area contributed by atoms with Crippen LogP contribution >= 0.6 is 15.9 Å². The lowest BCUT2D eigenvalue weighted by Crippen LogP contribution is -2.39. The minimum Gasteiger partial charge on any atom is -0.496 e. The van der Waals surface area contributed by atoms with Crippen molar-refractivity contribution in [3.05, 3.63) is 82.3 Å². The molecule has 1 N–H and O–H groups in total. The van der Waals surface area contributed by atoms with Gasteiger partial charge < -0.3 is 14.4 Å². The van der Waals surface area contributed by atoms with Crippen molar-refractivity contribution in [1.29, 1.82) is 0 Å². The van der Waals surface area contributed by atoms with Crippen LogP contribution in [0.4, 0.5) is 5.69 Å². The van der Waals surface area contributed by atoms with Gasteiger partial charge in [0.05, 0.1) is 28.4 Å². The quantitative estimate of drug-likeness (QED) is 0.240. The van der Waals surface area contributed by atoms with E-state index in [4.69, 9.17) is 9.47 Å². The highest BCUT2D eigenvalue weighted by Gasteiger charge is 2.28. The molecule has 3 aromatic rings. The van der Waals surface area contributed by atoms with Crippen LogP contribution in [0.25, 0.3) is 0 Å². The number of anilines is 1. The number of amides is 2. The Labute approximate surface area is 254 Å². The van der Waals surface area contributed by atoms with Crippen molar-refractivity contribution < 1.29 is 27.5 Å². The van der Waals surface area contributed by atoms with Gasteiger partial charge in [-0.2, -0.15) is 5.10 Å². The van der Waals surface area contributed by atoms with Crippen LogP contribution in [0.15, 0.2) is 81.2 Å². The van der Waals surface area contributed by atoms with E-state index in [0.29, 0.717) is 27.2 Å². The molecule has 42 heavy (non-hydrogen) atoms. The lowest BCUT2D eigenvalue weighted by molar-refractivity contribution is -0.134. The smallest absolute Gasteiger partial charge is 0.264 e. The number of hydrogen-bond donors (Lipinski definition) is 1. The van der Waals surface area contributed by atoms with Crippen molar-refractivity contribution in [1.82, 2.24) is 10.3 Å². The number of carbonyl (C=O) groups is 2. The first-order valence-corrected chi connectivity index (χ1v) is 15.7. The number of methoxy groups -OCH3 is 1. The lowest BCUT2D eigenvalue weighted by atomic mass is 10.1. The Morgan fingerprint density at radius 3 is 2.36 bits per heavy atom. The maximum atomic E-state index is 13.6. The second kappa shape index (κ2) is 14.3. The SMILES string of the molecule is COc1ccc(S(=O)(=O)N(CC(=O)N/N=C\c2ccc(OCC(=O)N3CCCCC3)cc2)c2ccc(C)cc2)cc1Br. The molecule has 0 saturated carbocycles. The highest BCUT2D eigenvalue weighted by molar-refractivity contribution is 9.10. The molecular weight excluding hydrogens is 624 g/mol. The van der Waals surface area contributed by atoms with Crippen LogP contribution in [-0.2, 0) is 19.6 Å². The molecule has 10 nitrogen and oxygen atoms in total. The number of hydrogen-bond acceptors (Lipinski definition) is 7. The highest BCUT2D eigenvalue weighted by atomic mass is 79.9. The standard InChI is InChI=1S/C30H33BrN4O6S/c1-22-6-10-24(11-7-22)35(42(38,39)26-14-15-28(40-2)27(31)18-26)20-29(36)33-32-19-23-8-12-25(13-9-23)41-21-30(37)34-16-4-3-5-17-34/h6-15,18-19H,3-5,16-17,20-21H2,1-2H3,(H,33,36)/b32-19-. The van der Waals surface area contributed by atoms with Crippen molar-refractivity contribution in [3.63, 3.8) is 0 Å². The fourth-order valence-corrected chi connectivity index (χ4v) is 6.48. The summed E-state index contributed by atoms with van der Waals surface area (Å²) in [6, 6.07) is 18.1. The van der Waals surface area contributed by atoms with Crippen LogP contribution in [0.5, 0.6) is 11.5 Å². The number of rotatable bonds is 11. The van der Waals surface area contributed by atoms with Gasteiger partial charge in [-0.05, 0) is 102 Å². The first-order valence-electron chi connectivity index (χ1n) is 13.4. The summed E-state index contributed by atoms with van der Waals surface area (Å²) >= 11 is 3.33. The first-order chi connectivity index (χ1) is 20.2. The number of ether oxygens (including phenoxy) is 2. The molecule has 2 amide bonds. The van der Waals surface area contributed by atoms with E-state index in [1.807, 2.05) is 11.8 Å². The summed E-state index contributed by atoms with van der Waals surface area (Å²) in [5.74, 6) is 0.377. The normalized spacial score (nSPS) is 13.5. The zero-order valence-electron chi connectivity index (χ0n) is 23.5. The molecule has 0 aliphatic carbocycles. The first kappa shape index (κ1) is 31.0. The Morgan fingerprint density at radius 1 is 1.02 bits per heavy atom. The third-order valence-electron chi connectivity index (χ3n) is 6.67. The van der Waals surface area contributed by atoms with E-state index in [1.165, 1.54) is 31.5 Å². The molecule has 12 heteroatoms. The number of hydrazone groups is 1. The third kappa shape index (κ3) is 8.10. The zero-order valence-corrected chi connectivity index (χ0v) is 25.9. The average molecular weight is 658 g/mol. The predicted octanol–water partition coefficient (Wildman–Crippen LogP) is 4.50. The summed E-state index contributed by atoms with van der Waals surface area (Å²) in [7, 11) is -2.63. The Kier molecular flexibility index (Phi) is 10.6. The second-order valence-electron chi connectivity index (χ2n) is 9.74. The van der Waals surface area contributed by atoms with Crippen molar-refractivity contribution in [2.75, 3.05) is 37.7 Å². The van der Waals surface area contributed by atoms with Gasteiger partial charge in [0, 0.05) is 13.1 Å². The van der Waals surface area contributed by atoms with E-state index in [1.54, 1.807) is 48.5 Å². The van der Waals surface area contributed by atoms with Gasteiger partial charge in [0.25, 0.3) is 21.8 Å². The number of halogens is 1. The van der Waals surface area contributed by atoms with E-state index in [2.05, 4.69) is 26.5 Å². The van der Waals surface area contributed by atoms with Gasteiger partial charge in [-0.1, -0.05) is 17.7 Å². The second-order valence-corrected chi connectivity index (χ2v) is 12.5. The number of aryl methyl sites for hydroxylation is 1. The van der Waals surface area contributed by atoms with Crippen molar-refractivity contribution >= 4 is 49.7 Å². The average Bonchev–Trinajstić information content (AvgIpc) is 3.00. The lowest BCUT2D eigenvalue weighted by Gasteiger charge is -2.26. The summed E-state index contributed by atoms with van der Waals surface area (Å²) in [6.07, 6.45) is 4.64. The fourth-order valence-electron chi connectivity index (χ4n) is 4.34. The largest absolute Gasteiger partial charge is 0.496 e. The molecule has 222 valence electrons. The Balaban J connectivity index is 1.39. The van der Waals surface area contributed by atoms with Gasteiger partial charge in [-0.25, -0.2) is 13.8 Å². The summed E-state index contributed by atoms with van der Waals surface area (Å²) in [6.45, 7) is 2.93. The highest BCUT2D eigenvalue weighted by Crippen LogP contribution is 2.30. The number of nitrogens with one attached hydrogen (secondary N) is 1.